The minimum Gasteiger partial charge on any atom is -0.465 e. The monoisotopic (exact) mass is 175 g/mol. The summed E-state index contributed by atoms with van der Waals surface area (Å²) in [6, 6.07) is -0.481. The summed E-state index contributed by atoms with van der Waals surface area (Å²) in [5, 5.41) is 19.4. The van der Waals surface area contributed by atoms with Crippen molar-refractivity contribution < 1.29 is 19.7 Å². The molecule has 0 aromatic carbocycles. The minimum absolute atomic E-state index is 0.161. The molecule has 3 N–H and O–H groups in total. The van der Waals surface area contributed by atoms with Gasteiger partial charge in [0, 0.05) is 6.61 Å². The highest BCUT2D eigenvalue weighted by Gasteiger charge is 2.26. The van der Waals surface area contributed by atoms with E-state index in [1.54, 1.807) is 0 Å². The first-order chi connectivity index (χ1) is 5.74. The van der Waals surface area contributed by atoms with E-state index >= 15 is 0 Å². The molecular formula is C7H13NO4. The van der Waals surface area contributed by atoms with Crippen molar-refractivity contribution in [2.75, 3.05) is 13.2 Å². The summed E-state index contributed by atoms with van der Waals surface area (Å²) in [7, 11) is 0. The third kappa shape index (κ3) is 2.35. The number of carboxylic acid groups (broad SMARTS) is 1. The highest BCUT2D eigenvalue weighted by Crippen LogP contribution is 2.15. The lowest BCUT2D eigenvalue weighted by Crippen LogP contribution is -2.44. The molecule has 0 aromatic rings. The summed E-state index contributed by atoms with van der Waals surface area (Å²) < 4.78 is 5.22. The van der Waals surface area contributed by atoms with Crippen molar-refractivity contribution in [3.8, 4) is 0 Å². The Bertz CT molecular complexity index is 155. The molecule has 0 radical (unpaired) electrons. The Morgan fingerprint density at radius 1 is 1.75 bits per heavy atom. The fourth-order valence-corrected chi connectivity index (χ4v) is 1.33. The normalized spacial score (nSPS) is 25.2. The van der Waals surface area contributed by atoms with Crippen LogP contribution in [0.5, 0.6) is 0 Å². The van der Waals surface area contributed by atoms with Gasteiger partial charge in [-0.3, -0.25) is 0 Å². The number of ether oxygens (including phenoxy) is 1. The van der Waals surface area contributed by atoms with E-state index in [4.69, 9.17) is 14.9 Å². The van der Waals surface area contributed by atoms with Crippen molar-refractivity contribution in [1.29, 1.82) is 0 Å². The lowest BCUT2D eigenvalue weighted by Gasteiger charge is -2.20. The van der Waals surface area contributed by atoms with Gasteiger partial charge in [-0.15, -0.1) is 0 Å². The molecule has 2 unspecified atom stereocenters. The lowest BCUT2D eigenvalue weighted by molar-refractivity contribution is 0.0552. The van der Waals surface area contributed by atoms with Crippen LogP contribution in [0.4, 0.5) is 4.79 Å². The van der Waals surface area contributed by atoms with Crippen molar-refractivity contribution in [3.63, 3.8) is 0 Å². The van der Waals surface area contributed by atoms with Gasteiger partial charge in [-0.2, -0.15) is 0 Å². The van der Waals surface area contributed by atoms with Crippen LogP contribution in [-0.2, 0) is 4.74 Å². The molecule has 5 nitrogen and oxygen atoms in total. The van der Waals surface area contributed by atoms with Crippen molar-refractivity contribution in [3.05, 3.63) is 0 Å². The smallest absolute Gasteiger partial charge is 0.405 e. The molecule has 0 saturated carbocycles. The third-order valence-electron chi connectivity index (χ3n) is 1.92. The van der Waals surface area contributed by atoms with Crippen LogP contribution >= 0.6 is 0 Å². The Morgan fingerprint density at radius 3 is 2.92 bits per heavy atom. The Morgan fingerprint density at radius 2 is 2.50 bits per heavy atom. The molecule has 1 saturated heterocycles. The molecule has 1 fully saturated rings. The standard InChI is InChI=1S/C7H13NO4/c9-4-5(8-7(10)11)6-2-1-3-12-6/h5-6,8-9H,1-4H2,(H,10,11). The molecule has 0 bridgehead atoms. The van der Waals surface area contributed by atoms with Gasteiger partial charge in [-0.25, -0.2) is 4.79 Å². The molecule has 0 spiro atoms. The first kappa shape index (κ1) is 9.28. The second-order valence-corrected chi connectivity index (χ2v) is 2.79. The van der Waals surface area contributed by atoms with Gasteiger partial charge in [-0.05, 0) is 12.8 Å². The van der Waals surface area contributed by atoms with Crippen molar-refractivity contribution in [1.82, 2.24) is 5.32 Å². The molecule has 0 aromatic heterocycles. The second kappa shape index (κ2) is 4.27. The predicted octanol–water partition coefficient (Wildman–Crippen LogP) is -0.206. The molecule has 1 amide bonds. The molecular weight excluding hydrogens is 162 g/mol. The first-order valence-corrected chi connectivity index (χ1v) is 3.96. The Balaban J connectivity index is 2.37. The van der Waals surface area contributed by atoms with Crippen LogP contribution in [0.1, 0.15) is 12.8 Å². The largest absolute Gasteiger partial charge is 0.465 e. The summed E-state index contributed by atoms with van der Waals surface area (Å²) >= 11 is 0. The summed E-state index contributed by atoms with van der Waals surface area (Å²) in [5.74, 6) is 0. The number of aliphatic hydroxyl groups is 1. The van der Waals surface area contributed by atoms with Crippen LogP contribution in [0.3, 0.4) is 0 Å². The van der Waals surface area contributed by atoms with Gasteiger partial charge in [0.15, 0.2) is 0 Å². The zero-order valence-electron chi connectivity index (χ0n) is 6.69. The highest BCUT2D eigenvalue weighted by molar-refractivity contribution is 5.64. The number of amides is 1. The van der Waals surface area contributed by atoms with Crippen LogP contribution in [-0.4, -0.2) is 41.7 Å². The summed E-state index contributed by atoms with van der Waals surface area (Å²) in [6.07, 6.45) is 0.462. The maximum absolute atomic E-state index is 10.2. The average Bonchev–Trinajstić information content (AvgIpc) is 2.51. The zero-order valence-corrected chi connectivity index (χ0v) is 6.69. The molecule has 1 aliphatic heterocycles. The van der Waals surface area contributed by atoms with E-state index in [-0.39, 0.29) is 12.7 Å². The van der Waals surface area contributed by atoms with E-state index in [9.17, 15) is 4.79 Å². The Hall–Kier alpha value is -0.810. The number of hydrogen-bond acceptors (Lipinski definition) is 3. The van der Waals surface area contributed by atoms with Crippen molar-refractivity contribution in [2.24, 2.45) is 0 Å². The average molecular weight is 175 g/mol. The quantitative estimate of drug-likeness (QED) is 0.554. The lowest BCUT2D eigenvalue weighted by atomic mass is 10.1. The third-order valence-corrected chi connectivity index (χ3v) is 1.92. The van der Waals surface area contributed by atoms with Gasteiger partial charge < -0.3 is 20.3 Å². The number of hydrogen-bond donors (Lipinski definition) is 3. The molecule has 2 atom stereocenters. The van der Waals surface area contributed by atoms with Crippen LogP contribution in [0.2, 0.25) is 0 Å². The zero-order chi connectivity index (χ0) is 8.97. The second-order valence-electron chi connectivity index (χ2n) is 2.79. The summed E-state index contributed by atoms with van der Waals surface area (Å²) in [6.45, 7) is 0.444. The maximum atomic E-state index is 10.2. The van der Waals surface area contributed by atoms with E-state index < -0.39 is 12.1 Å². The highest BCUT2D eigenvalue weighted by atomic mass is 16.5. The molecule has 12 heavy (non-hydrogen) atoms. The predicted molar refractivity (Wildman–Crippen MR) is 41.0 cm³/mol. The van der Waals surface area contributed by atoms with Gasteiger partial charge in [0.05, 0.1) is 18.8 Å². The number of rotatable bonds is 3. The topological polar surface area (TPSA) is 78.8 Å². The summed E-state index contributed by atoms with van der Waals surface area (Å²) in [4.78, 5) is 10.2. The minimum atomic E-state index is -1.12. The molecule has 5 heteroatoms. The van der Waals surface area contributed by atoms with Crippen LogP contribution in [0, 0.1) is 0 Å². The number of carbonyl (C=O) groups is 1. The Labute approximate surface area is 70.3 Å². The fourth-order valence-electron chi connectivity index (χ4n) is 1.33. The molecule has 70 valence electrons. The van der Waals surface area contributed by atoms with Gasteiger partial charge >= 0.3 is 6.09 Å². The van der Waals surface area contributed by atoms with E-state index in [2.05, 4.69) is 5.32 Å². The van der Waals surface area contributed by atoms with E-state index in [1.807, 2.05) is 0 Å². The van der Waals surface area contributed by atoms with Gasteiger partial charge in [0.1, 0.15) is 0 Å². The first-order valence-electron chi connectivity index (χ1n) is 3.96. The molecule has 1 aliphatic rings. The van der Waals surface area contributed by atoms with E-state index in [0.717, 1.165) is 12.8 Å². The van der Waals surface area contributed by atoms with E-state index in [1.165, 1.54) is 0 Å². The maximum Gasteiger partial charge on any atom is 0.405 e. The van der Waals surface area contributed by atoms with Gasteiger partial charge in [0.2, 0.25) is 0 Å². The van der Waals surface area contributed by atoms with E-state index in [0.29, 0.717) is 6.61 Å². The SMILES string of the molecule is O=C(O)NC(CO)C1CCCO1. The van der Waals surface area contributed by atoms with Crippen LogP contribution in [0.25, 0.3) is 0 Å². The number of aliphatic hydroxyl groups excluding tert-OH is 1. The molecule has 1 heterocycles. The van der Waals surface area contributed by atoms with Crippen LogP contribution < -0.4 is 5.32 Å². The fraction of sp³-hybridized carbons (Fsp3) is 0.857. The van der Waals surface area contributed by atoms with Gasteiger partial charge in [0.25, 0.3) is 0 Å². The van der Waals surface area contributed by atoms with Crippen LogP contribution in [0.15, 0.2) is 0 Å². The number of nitrogens with one attached hydrogen (secondary N) is 1. The molecule has 1 rings (SSSR count). The molecule has 0 aliphatic carbocycles. The summed E-state index contributed by atoms with van der Waals surface area (Å²) in [5.41, 5.74) is 0. The van der Waals surface area contributed by atoms with Gasteiger partial charge in [-0.1, -0.05) is 0 Å². The van der Waals surface area contributed by atoms with Crippen molar-refractivity contribution in [2.45, 2.75) is 25.0 Å². The Kier molecular flexibility index (Phi) is 3.31. The van der Waals surface area contributed by atoms with Crippen molar-refractivity contribution >= 4 is 6.09 Å².